The normalized spacial score (nSPS) is 11.3. The molecule has 0 amide bonds. The second-order valence-corrected chi connectivity index (χ2v) is 8.36. The number of nitrogens with one attached hydrogen (secondary N) is 2. The van der Waals surface area contributed by atoms with Crippen LogP contribution in [0.15, 0.2) is 41.7 Å². The molecule has 0 aliphatic rings. The Balaban J connectivity index is 1.69. The lowest BCUT2D eigenvalue weighted by Crippen LogP contribution is -2.29. The molecule has 1 aromatic carbocycles. The van der Waals surface area contributed by atoms with Crippen molar-refractivity contribution >= 4 is 27.2 Å². The van der Waals surface area contributed by atoms with Gasteiger partial charge in [-0.1, -0.05) is 0 Å². The first-order valence-electron chi connectivity index (χ1n) is 9.10. The summed E-state index contributed by atoms with van der Waals surface area (Å²) < 4.78 is 28.9. The van der Waals surface area contributed by atoms with E-state index in [1.54, 1.807) is 16.9 Å². The highest BCUT2D eigenvalue weighted by Crippen LogP contribution is 2.31. The molecule has 0 aliphatic heterocycles. The number of hydrogen-bond acceptors (Lipinski definition) is 10. The van der Waals surface area contributed by atoms with Crippen LogP contribution in [-0.2, 0) is 10.0 Å². The average molecular weight is 462 g/mol. The van der Waals surface area contributed by atoms with Crippen molar-refractivity contribution in [2.45, 2.75) is 18.7 Å². The standard InChI is InChI=1S/C17H18N8O6S/c1-11-3-6-23(22-11)17-9-16(19-10-20-17)18-4-5-21-32(30,31)13-7-14(24(26)27)12(2)15(8-13)25(28)29/h3,6-10,21H,4-5H2,1-2H3,(H,18,19,20). The Hall–Kier alpha value is -3.98. The van der Waals surface area contributed by atoms with Gasteiger partial charge in [-0.05, 0) is 19.9 Å². The Labute approximate surface area is 181 Å². The molecule has 3 rings (SSSR count). The van der Waals surface area contributed by atoms with E-state index in [-0.39, 0.29) is 18.7 Å². The molecule has 0 aliphatic carbocycles. The van der Waals surface area contributed by atoms with Gasteiger partial charge in [-0.3, -0.25) is 20.2 Å². The third-order valence-electron chi connectivity index (χ3n) is 4.36. The first kappa shape index (κ1) is 22.7. The SMILES string of the molecule is Cc1ccn(-c2cc(NCCNS(=O)(=O)c3cc([N+](=O)[O-])c(C)c([N+](=O)[O-])c3)ncn2)n1. The van der Waals surface area contributed by atoms with Crippen molar-refractivity contribution in [3.8, 4) is 5.82 Å². The molecule has 32 heavy (non-hydrogen) atoms. The lowest BCUT2D eigenvalue weighted by atomic mass is 10.1. The number of nitro groups is 2. The summed E-state index contributed by atoms with van der Waals surface area (Å²) in [5, 5.41) is 29.5. The minimum atomic E-state index is -4.24. The Kier molecular flexibility index (Phi) is 6.40. The molecule has 3 aromatic rings. The van der Waals surface area contributed by atoms with Crippen molar-refractivity contribution in [1.29, 1.82) is 0 Å². The predicted octanol–water partition coefficient (Wildman–Crippen LogP) is 1.49. The van der Waals surface area contributed by atoms with E-state index in [9.17, 15) is 28.6 Å². The second-order valence-electron chi connectivity index (χ2n) is 6.59. The molecule has 2 aromatic heterocycles. The van der Waals surface area contributed by atoms with Crippen LogP contribution in [0.2, 0.25) is 0 Å². The van der Waals surface area contributed by atoms with E-state index >= 15 is 0 Å². The number of aromatic nitrogens is 4. The maximum Gasteiger partial charge on any atom is 0.280 e. The number of aryl methyl sites for hydroxylation is 1. The van der Waals surface area contributed by atoms with E-state index < -0.39 is 36.1 Å². The van der Waals surface area contributed by atoms with Gasteiger partial charge in [0, 0.05) is 37.5 Å². The van der Waals surface area contributed by atoms with Crippen molar-refractivity contribution in [2.75, 3.05) is 18.4 Å². The Bertz CT molecular complexity index is 1250. The maximum atomic E-state index is 12.5. The van der Waals surface area contributed by atoms with Crippen LogP contribution in [0.4, 0.5) is 17.2 Å². The number of sulfonamides is 1. The van der Waals surface area contributed by atoms with Gasteiger partial charge in [-0.2, -0.15) is 5.10 Å². The Morgan fingerprint density at radius 3 is 2.25 bits per heavy atom. The van der Waals surface area contributed by atoms with Crippen LogP contribution in [0, 0.1) is 34.1 Å². The zero-order valence-electron chi connectivity index (χ0n) is 16.9. The van der Waals surface area contributed by atoms with Gasteiger partial charge in [0.1, 0.15) is 17.7 Å². The molecular weight excluding hydrogens is 444 g/mol. The van der Waals surface area contributed by atoms with E-state index in [1.807, 2.05) is 13.0 Å². The van der Waals surface area contributed by atoms with Gasteiger partial charge in [0.15, 0.2) is 5.82 Å². The summed E-state index contributed by atoms with van der Waals surface area (Å²) in [7, 11) is -4.24. The van der Waals surface area contributed by atoms with Crippen molar-refractivity contribution in [3.05, 3.63) is 68.3 Å². The molecule has 15 heteroatoms. The number of nitrogens with zero attached hydrogens (tertiary/aromatic N) is 6. The molecule has 0 saturated heterocycles. The zero-order valence-corrected chi connectivity index (χ0v) is 17.7. The third-order valence-corrected chi connectivity index (χ3v) is 5.80. The van der Waals surface area contributed by atoms with E-state index in [2.05, 4.69) is 25.1 Å². The van der Waals surface area contributed by atoms with E-state index in [0.717, 1.165) is 17.8 Å². The Morgan fingerprint density at radius 2 is 1.69 bits per heavy atom. The summed E-state index contributed by atoms with van der Waals surface area (Å²) >= 11 is 0. The molecule has 2 heterocycles. The summed E-state index contributed by atoms with van der Waals surface area (Å²) in [6, 6.07) is 5.01. The van der Waals surface area contributed by atoms with Crippen molar-refractivity contribution < 1.29 is 18.3 Å². The summed E-state index contributed by atoms with van der Waals surface area (Å²) in [4.78, 5) is 28.2. The highest BCUT2D eigenvalue weighted by molar-refractivity contribution is 7.89. The molecule has 0 atom stereocenters. The molecule has 0 radical (unpaired) electrons. The predicted molar refractivity (Wildman–Crippen MR) is 112 cm³/mol. The Morgan fingerprint density at radius 1 is 1.03 bits per heavy atom. The highest BCUT2D eigenvalue weighted by atomic mass is 32.2. The fourth-order valence-corrected chi connectivity index (χ4v) is 3.84. The van der Waals surface area contributed by atoms with E-state index in [1.165, 1.54) is 13.3 Å². The molecule has 2 N–H and O–H groups in total. The van der Waals surface area contributed by atoms with Crippen molar-refractivity contribution in [3.63, 3.8) is 0 Å². The highest BCUT2D eigenvalue weighted by Gasteiger charge is 2.27. The first-order valence-corrected chi connectivity index (χ1v) is 10.6. The van der Waals surface area contributed by atoms with Crippen LogP contribution < -0.4 is 10.0 Å². The topological polar surface area (TPSA) is 188 Å². The van der Waals surface area contributed by atoms with Gasteiger partial charge in [0.2, 0.25) is 10.0 Å². The largest absolute Gasteiger partial charge is 0.369 e. The number of benzene rings is 1. The van der Waals surface area contributed by atoms with Crippen LogP contribution >= 0.6 is 0 Å². The zero-order chi connectivity index (χ0) is 23.5. The first-order chi connectivity index (χ1) is 15.1. The van der Waals surface area contributed by atoms with Gasteiger partial charge in [-0.25, -0.2) is 27.8 Å². The fourth-order valence-electron chi connectivity index (χ4n) is 2.76. The minimum absolute atomic E-state index is 0.113. The molecule has 0 bridgehead atoms. The molecule has 168 valence electrons. The van der Waals surface area contributed by atoms with Crippen molar-refractivity contribution in [2.24, 2.45) is 0 Å². The molecular formula is C17H18N8O6S. The molecule has 0 unspecified atom stereocenters. The lowest BCUT2D eigenvalue weighted by molar-refractivity contribution is -0.395. The van der Waals surface area contributed by atoms with Crippen LogP contribution in [0.3, 0.4) is 0 Å². The van der Waals surface area contributed by atoms with E-state index in [4.69, 9.17) is 0 Å². The number of hydrogen-bond donors (Lipinski definition) is 2. The monoisotopic (exact) mass is 462 g/mol. The number of nitro benzene ring substituents is 2. The van der Waals surface area contributed by atoms with Crippen LogP contribution in [0.5, 0.6) is 0 Å². The summed E-state index contributed by atoms with van der Waals surface area (Å²) in [5.41, 5.74) is -0.725. The summed E-state index contributed by atoms with van der Waals surface area (Å²) in [5.74, 6) is 0.930. The van der Waals surface area contributed by atoms with Gasteiger partial charge < -0.3 is 5.32 Å². The van der Waals surface area contributed by atoms with Gasteiger partial charge >= 0.3 is 0 Å². The van der Waals surface area contributed by atoms with Crippen LogP contribution in [0.25, 0.3) is 5.82 Å². The summed E-state index contributed by atoms with van der Waals surface area (Å²) in [6.07, 6.45) is 3.05. The van der Waals surface area contributed by atoms with Crippen LogP contribution in [0.1, 0.15) is 11.3 Å². The van der Waals surface area contributed by atoms with E-state index in [0.29, 0.717) is 11.6 Å². The number of rotatable bonds is 9. The minimum Gasteiger partial charge on any atom is -0.369 e. The molecule has 0 saturated carbocycles. The van der Waals surface area contributed by atoms with Gasteiger partial charge in [0.25, 0.3) is 11.4 Å². The maximum absolute atomic E-state index is 12.5. The molecule has 0 fully saturated rings. The smallest absolute Gasteiger partial charge is 0.280 e. The summed E-state index contributed by atoms with van der Waals surface area (Å²) in [6.45, 7) is 3.02. The quantitative estimate of drug-likeness (QED) is 0.268. The average Bonchev–Trinajstić information content (AvgIpc) is 3.17. The fraction of sp³-hybridized carbons (Fsp3) is 0.235. The van der Waals surface area contributed by atoms with Crippen molar-refractivity contribution in [1.82, 2.24) is 24.5 Å². The lowest BCUT2D eigenvalue weighted by Gasteiger charge is -2.10. The third kappa shape index (κ3) is 5.01. The number of anilines is 1. The second kappa shape index (κ2) is 9.03. The van der Waals surface area contributed by atoms with Gasteiger partial charge in [-0.15, -0.1) is 0 Å². The molecule has 14 nitrogen and oxygen atoms in total. The van der Waals surface area contributed by atoms with Gasteiger partial charge in [0.05, 0.1) is 20.4 Å². The molecule has 0 spiro atoms. The van der Waals surface area contributed by atoms with Crippen LogP contribution in [-0.4, -0.2) is 51.1 Å².